The zero-order chi connectivity index (χ0) is 32.2. The minimum atomic E-state index is -0.913. The maximum atomic E-state index is 14.0. The molecule has 3 N–H and O–H groups in total. The average molecular weight is 631 g/mol. The van der Waals surface area contributed by atoms with E-state index < -0.39 is 12.2 Å². The van der Waals surface area contributed by atoms with Crippen molar-refractivity contribution >= 4 is 29.4 Å². The van der Waals surface area contributed by atoms with Crippen LogP contribution in [0.5, 0.6) is 0 Å². The van der Waals surface area contributed by atoms with Gasteiger partial charge in [-0.05, 0) is 74.3 Å². The number of piperazine rings is 1. The van der Waals surface area contributed by atoms with Crippen molar-refractivity contribution in [1.82, 2.24) is 19.6 Å². The van der Waals surface area contributed by atoms with E-state index in [0.717, 1.165) is 53.1 Å². The van der Waals surface area contributed by atoms with Crippen LogP contribution in [-0.4, -0.2) is 102 Å². The quantitative estimate of drug-likeness (QED) is 0.437. The highest BCUT2D eigenvalue weighted by atomic mass is 16.6. The predicted molar refractivity (Wildman–Crippen MR) is 180 cm³/mol. The third-order valence-electron chi connectivity index (χ3n) is 10.6. The summed E-state index contributed by atoms with van der Waals surface area (Å²) in [5.74, 6) is -0.125. The number of piperidine rings is 1. The zero-order valence-electron chi connectivity index (χ0n) is 27.5. The first kappa shape index (κ1) is 32.2. The van der Waals surface area contributed by atoms with Crippen LogP contribution in [-0.2, 0) is 22.4 Å². The fourth-order valence-corrected chi connectivity index (χ4v) is 7.83. The number of nitrogens with zero attached hydrogens (tertiary/aromatic N) is 4. The summed E-state index contributed by atoms with van der Waals surface area (Å²) in [6, 6.07) is 12.5. The van der Waals surface area contributed by atoms with Crippen molar-refractivity contribution in [2.75, 3.05) is 56.9 Å². The molecule has 3 heterocycles. The highest BCUT2D eigenvalue weighted by Gasteiger charge is 2.36. The topological polar surface area (TPSA) is 111 Å². The molecule has 1 aliphatic carbocycles. The smallest absolute Gasteiger partial charge is 0.410 e. The van der Waals surface area contributed by atoms with Crippen molar-refractivity contribution in [3.63, 3.8) is 0 Å². The molecule has 3 aliphatic heterocycles. The lowest BCUT2D eigenvalue weighted by atomic mass is 9.94. The molecule has 4 aliphatic rings. The van der Waals surface area contributed by atoms with E-state index in [1.807, 2.05) is 54.0 Å². The predicted octanol–water partition coefficient (Wildman–Crippen LogP) is 4.96. The van der Waals surface area contributed by atoms with E-state index >= 15 is 0 Å². The second-order valence-electron chi connectivity index (χ2n) is 13.6. The Bertz CT molecular complexity index is 1390. The second kappa shape index (κ2) is 14.3. The molecule has 10 heteroatoms. The number of hydrogen-bond acceptors (Lipinski definition) is 6. The van der Waals surface area contributed by atoms with Gasteiger partial charge in [0.2, 0.25) is 0 Å². The monoisotopic (exact) mass is 630 g/mol. The molecule has 0 bridgehead atoms. The molecule has 2 aromatic carbocycles. The highest BCUT2D eigenvalue weighted by Crippen LogP contribution is 2.27. The van der Waals surface area contributed by atoms with Crippen molar-refractivity contribution < 1.29 is 19.1 Å². The Morgan fingerprint density at radius 2 is 1.54 bits per heavy atom. The van der Waals surface area contributed by atoms with Gasteiger partial charge < -0.3 is 30.5 Å². The van der Waals surface area contributed by atoms with Crippen LogP contribution in [0.4, 0.5) is 21.0 Å². The summed E-state index contributed by atoms with van der Waals surface area (Å²) in [5.41, 5.74) is 11.8. The van der Waals surface area contributed by atoms with Crippen LogP contribution in [0, 0.1) is 13.8 Å². The summed E-state index contributed by atoms with van der Waals surface area (Å²) in [6.45, 7) is 8.54. The molecule has 4 amide bonds. The number of anilines is 2. The summed E-state index contributed by atoms with van der Waals surface area (Å²) in [4.78, 5) is 48.7. The minimum Gasteiger partial charge on any atom is -0.436 e. The van der Waals surface area contributed by atoms with Gasteiger partial charge in [0.05, 0.1) is 0 Å². The van der Waals surface area contributed by atoms with Crippen LogP contribution < -0.4 is 11.1 Å². The van der Waals surface area contributed by atoms with E-state index in [0.29, 0.717) is 58.0 Å². The van der Waals surface area contributed by atoms with Crippen molar-refractivity contribution in [1.29, 1.82) is 0 Å². The number of rotatable bonds is 6. The van der Waals surface area contributed by atoms with Gasteiger partial charge in [-0.3, -0.25) is 9.69 Å². The van der Waals surface area contributed by atoms with E-state index in [4.69, 9.17) is 10.5 Å². The number of nitrogens with one attached hydrogen (secondary N) is 1. The molecule has 6 rings (SSSR count). The van der Waals surface area contributed by atoms with Gasteiger partial charge in [-0.25, -0.2) is 9.59 Å². The maximum Gasteiger partial charge on any atom is 0.410 e. The zero-order valence-corrected chi connectivity index (χ0v) is 27.5. The molecule has 2 saturated heterocycles. The minimum absolute atomic E-state index is 0.0389. The molecule has 0 spiro atoms. The first-order valence-electron chi connectivity index (χ1n) is 17.3. The third kappa shape index (κ3) is 7.27. The first-order chi connectivity index (χ1) is 22.3. The van der Waals surface area contributed by atoms with Gasteiger partial charge in [-0.15, -0.1) is 0 Å². The van der Waals surface area contributed by atoms with Gasteiger partial charge in [-0.2, -0.15) is 0 Å². The van der Waals surface area contributed by atoms with Crippen LogP contribution in [0.1, 0.15) is 67.2 Å². The number of carbonyl (C=O) groups is 3. The van der Waals surface area contributed by atoms with Crippen LogP contribution in [0.2, 0.25) is 0 Å². The number of benzene rings is 2. The Morgan fingerprint density at radius 1 is 0.870 bits per heavy atom. The number of ether oxygens (including phenoxy) is 1. The Labute approximate surface area is 273 Å². The van der Waals surface area contributed by atoms with E-state index in [-0.39, 0.29) is 18.0 Å². The lowest BCUT2D eigenvalue weighted by Crippen LogP contribution is -2.55. The first-order valence-corrected chi connectivity index (χ1v) is 17.3. The highest BCUT2D eigenvalue weighted by molar-refractivity contribution is 5.91. The van der Waals surface area contributed by atoms with Gasteiger partial charge >= 0.3 is 12.1 Å². The Balaban J connectivity index is 1.09. The summed E-state index contributed by atoms with van der Waals surface area (Å²) < 4.78 is 6.08. The standard InChI is InChI=1S/C36H50N6O4/c1-25-22-27(23-26(2)33(25)37)24-32(34(43)40-20-18-39(19-21-40)29-9-4-3-5-10-29)46-36(45)41-15-13-30(14-16-41)42-17-12-28-8-6-7-11-31(28)38-35(42)44/h6-8,11,22-23,29-30,32H,3-5,9-10,12-21,24,37H2,1-2H3,(H,38,44)/t32-/m1/s1. The Hall–Kier alpha value is -3.79. The van der Waals surface area contributed by atoms with Gasteiger partial charge in [0.25, 0.3) is 5.91 Å². The largest absolute Gasteiger partial charge is 0.436 e. The third-order valence-corrected chi connectivity index (χ3v) is 10.6. The molecule has 0 aromatic heterocycles. The molecule has 248 valence electrons. The SMILES string of the molecule is Cc1cc(C[C@@H](OC(=O)N2CCC(N3CCc4ccccc4NC3=O)CC2)C(=O)N2CCN(C3CCCCC3)CC2)cc(C)c1N. The number of likely N-dealkylation sites (tertiary alicyclic amines) is 1. The van der Waals surface area contributed by atoms with Crippen molar-refractivity contribution in [2.24, 2.45) is 0 Å². The number of urea groups is 1. The lowest BCUT2D eigenvalue weighted by molar-refractivity contribution is -0.143. The summed E-state index contributed by atoms with van der Waals surface area (Å²) in [6.07, 6.45) is 7.45. The molecule has 0 unspecified atom stereocenters. The van der Waals surface area contributed by atoms with E-state index in [1.54, 1.807) is 4.90 Å². The number of carbonyl (C=O) groups excluding carboxylic acids is 3. The summed E-state index contributed by atoms with van der Waals surface area (Å²) in [5, 5.41) is 3.06. The second-order valence-corrected chi connectivity index (χ2v) is 13.6. The van der Waals surface area contributed by atoms with Crippen LogP contribution >= 0.6 is 0 Å². The number of fused-ring (bicyclic) bond motifs is 1. The van der Waals surface area contributed by atoms with Crippen LogP contribution in [0.25, 0.3) is 0 Å². The molecule has 1 atom stereocenters. The number of nitrogens with two attached hydrogens (primary N) is 1. The van der Waals surface area contributed by atoms with Crippen molar-refractivity contribution in [2.45, 2.75) is 89.8 Å². The molecule has 0 radical (unpaired) electrons. The lowest BCUT2D eigenvalue weighted by Gasteiger charge is -2.41. The molecular weight excluding hydrogens is 580 g/mol. The fourth-order valence-electron chi connectivity index (χ4n) is 7.83. The number of nitrogen functional groups attached to an aromatic ring is 1. The van der Waals surface area contributed by atoms with E-state index in [1.165, 1.54) is 32.1 Å². The van der Waals surface area contributed by atoms with E-state index in [9.17, 15) is 14.4 Å². The number of aryl methyl sites for hydroxylation is 2. The van der Waals surface area contributed by atoms with Crippen molar-refractivity contribution in [3.8, 4) is 0 Å². The number of amides is 4. The number of hydrogen-bond donors (Lipinski definition) is 2. The molecule has 2 aromatic rings. The molecule has 10 nitrogen and oxygen atoms in total. The maximum absolute atomic E-state index is 14.0. The van der Waals surface area contributed by atoms with Gasteiger partial charge in [0, 0.05) is 75.7 Å². The normalized spacial score (nSPS) is 20.9. The van der Waals surface area contributed by atoms with Gasteiger partial charge in [0.1, 0.15) is 0 Å². The molecule has 3 fully saturated rings. The van der Waals surface area contributed by atoms with Crippen molar-refractivity contribution in [3.05, 3.63) is 58.7 Å². The Kier molecular flexibility index (Phi) is 10.0. The summed E-state index contributed by atoms with van der Waals surface area (Å²) in [7, 11) is 0. The van der Waals surface area contributed by atoms with E-state index in [2.05, 4.69) is 16.3 Å². The van der Waals surface area contributed by atoms with Crippen LogP contribution in [0.15, 0.2) is 36.4 Å². The summed E-state index contributed by atoms with van der Waals surface area (Å²) >= 11 is 0. The average Bonchev–Trinajstić information content (AvgIpc) is 3.25. The Morgan fingerprint density at radius 3 is 2.24 bits per heavy atom. The fraction of sp³-hybridized carbons (Fsp3) is 0.583. The van der Waals surface area contributed by atoms with Gasteiger partial charge in [0.15, 0.2) is 6.10 Å². The van der Waals surface area contributed by atoms with Gasteiger partial charge in [-0.1, -0.05) is 49.6 Å². The molecular formula is C36H50N6O4. The molecule has 46 heavy (non-hydrogen) atoms. The number of para-hydroxylation sites is 1. The van der Waals surface area contributed by atoms with Crippen LogP contribution in [0.3, 0.4) is 0 Å². The molecule has 1 saturated carbocycles.